The van der Waals surface area contributed by atoms with E-state index in [2.05, 4.69) is 5.32 Å². The quantitative estimate of drug-likeness (QED) is 0.828. The van der Waals surface area contributed by atoms with Gasteiger partial charge in [0.25, 0.3) is 0 Å². The van der Waals surface area contributed by atoms with E-state index in [9.17, 15) is 9.59 Å². The molecule has 0 saturated heterocycles. The molecule has 0 fully saturated rings. The highest BCUT2D eigenvalue weighted by Crippen LogP contribution is 2.21. The van der Waals surface area contributed by atoms with Gasteiger partial charge in [-0.1, -0.05) is 60.7 Å². The van der Waals surface area contributed by atoms with E-state index >= 15 is 0 Å². The van der Waals surface area contributed by atoms with Crippen LogP contribution in [0.5, 0.6) is 0 Å². The van der Waals surface area contributed by atoms with Crippen LogP contribution in [0.25, 0.3) is 0 Å². The van der Waals surface area contributed by atoms with Gasteiger partial charge in [-0.2, -0.15) is 0 Å². The maximum Gasteiger partial charge on any atom is 0.328 e. The van der Waals surface area contributed by atoms with Crippen molar-refractivity contribution in [2.24, 2.45) is 0 Å². The van der Waals surface area contributed by atoms with E-state index in [0.29, 0.717) is 0 Å². The zero-order chi connectivity index (χ0) is 15.1. The highest BCUT2D eigenvalue weighted by atomic mass is 16.4. The molecule has 0 spiro atoms. The number of hydrogen-bond acceptors (Lipinski definition) is 2. The number of carboxylic acid groups (broad SMARTS) is 1. The molecule has 2 aromatic carbocycles. The minimum Gasteiger partial charge on any atom is -0.478 e. The lowest BCUT2D eigenvalue weighted by atomic mass is 9.99. The van der Waals surface area contributed by atoms with Crippen molar-refractivity contribution in [3.8, 4) is 0 Å². The van der Waals surface area contributed by atoms with Crippen LogP contribution in [-0.4, -0.2) is 17.0 Å². The Balaban J connectivity index is 2.25. The van der Waals surface area contributed by atoms with Gasteiger partial charge in [0.05, 0.1) is 6.04 Å². The molecule has 0 unspecified atom stereocenters. The van der Waals surface area contributed by atoms with Crippen LogP contribution in [0, 0.1) is 0 Å². The summed E-state index contributed by atoms with van der Waals surface area (Å²) in [6, 6.07) is 18.7. The van der Waals surface area contributed by atoms with Crippen molar-refractivity contribution in [3.05, 3.63) is 83.9 Å². The first-order valence-electron chi connectivity index (χ1n) is 6.48. The average Bonchev–Trinajstić information content (AvgIpc) is 2.52. The predicted molar refractivity (Wildman–Crippen MR) is 79.6 cm³/mol. The van der Waals surface area contributed by atoms with Gasteiger partial charge in [0.1, 0.15) is 0 Å². The fraction of sp³-hybridized carbons (Fsp3) is 0.0588. The number of nitrogens with one attached hydrogen (secondary N) is 1. The van der Waals surface area contributed by atoms with Crippen molar-refractivity contribution in [1.29, 1.82) is 0 Å². The first-order valence-corrected chi connectivity index (χ1v) is 6.48. The smallest absolute Gasteiger partial charge is 0.328 e. The molecule has 0 aliphatic rings. The second-order valence-corrected chi connectivity index (χ2v) is 4.43. The van der Waals surface area contributed by atoms with Crippen LogP contribution in [0.2, 0.25) is 0 Å². The number of carboxylic acids is 1. The van der Waals surface area contributed by atoms with Crippen LogP contribution < -0.4 is 5.32 Å². The van der Waals surface area contributed by atoms with Crippen molar-refractivity contribution in [3.63, 3.8) is 0 Å². The van der Waals surface area contributed by atoms with E-state index in [1.54, 1.807) is 0 Å². The Morgan fingerprint density at radius 1 is 0.857 bits per heavy atom. The summed E-state index contributed by atoms with van der Waals surface area (Å²) in [5, 5.41) is 11.4. The van der Waals surface area contributed by atoms with Gasteiger partial charge in [-0.05, 0) is 11.1 Å². The molecule has 0 saturated carbocycles. The number of amides is 1. The van der Waals surface area contributed by atoms with Crippen LogP contribution in [0.1, 0.15) is 17.2 Å². The van der Waals surface area contributed by atoms with Gasteiger partial charge >= 0.3 is 5.97 Å². The lowest BCUT2D eigenvalue weighted by Gasteiger charge is -2.18. The summed E-state index contributed by atoms with van der Waals surface area (Å²) in [5.74, 6) is -1.60. The van der Waals surface area contributed by atoms with Crippen LogP contribution in [-0.2, 0) is 9.59 Å². The predicted octanol–water partition coefficient (Wildman–Crippen LogP) is 2.53. The molecule has 0 radical (unpaired) electrons. The highest BCUT2D eigenvalue weighted by Gasteiger charge is 2.15. The lowest BCUT2D eigenvalue weighted by Crippen LogP contribution is -2.27. The summed E-state index contributed by atoms with van der Waals surface area (Å²) >= 11 is 0. The Kier molecular flexibility index (Phi) is 4.88. The summed E-state index contributed by atoms with van der Waals surface area (Å²) in [6.07, 6.45) is 1.84. The molecule has 1 amide bonds. The van der Waals surface area contributed by atoms with E-state index in [-0.39, 0.29) is 6.04 Å². The van der Waals surface area contributed by atoms with E-state index in [0.717, 1.165) is 23.3 Å². The minimum atomic E-state index is -1.15. The fourth-order valence-electron chi connectivity index (χ4n) is 1.99. The van der Waals surface area contributed by atoms with Crippen LogP contribution in [0.4, 0.5) is 0 Å². The average molecular weight is 281 g/mol. The molecule has 0 atom stereocenters. The molecule has 4 nitrogen and oxygen atoms in total. The van der Waals surface area contributed by atoms with Crippen molar-refractivity contribution < 1.29 is 14.7 Å². The van der Waals surface area contributed by atoms with E-state index in [1.807, 2.05) is 60.7 Å². The molecule has 0 heterocycles. The Hall–Kier alpha value is -2.88. The number of aliphatic carboxylic acids is 1. The lowest BCUT2D eigenvalue weighted by molar-refractivity contribution is -0.131. The number of hydrogen-bond donors (Lipinski definition) is 2. The summed E-state index contributed by atoms with van der Waals surface area (Å²) in [4.78, 5) is 22.3. The summed E-state index contributed by atoms with van der Waals surface area (Å²) in [7, 11) is 0. The molecule has 2 N–H and O–H groups in total. The van der Waals surface area contributed by atoms with Crippen molar-refractivity contribution in [1.82, 2.24) is 5.32 Å². The van der Waals surface area contributed by atoms with E-state index in [4.69, 9.17) is 5.11 Å². The molecule has 2 aromatic rings. The maximum atomic E-state index is 11.8. The molecule has 21 heavy (non-hydrogen) atoms. The van der Waals surface area contributed by atoms with Crippen LogP contribution in [0.15, 0.2) is 72.8 Å². The SMILES string of the molecule is O=C(O)C=CC(=O)NC(c1ccccc1)c1ccccc1. The normalized spacial score (nSPS) is 10.7. The number of carbonyl (C=O) groups is 2. The van der Waals surface area contributed by atoms with E-state index < -0.39 is 11.9 Å². The highest BCUT2D eigenvalue weighted by molar-refractivity contribution is 5.94. The van der Waals surface area contributed by atoms with Crippen LogP contribution in [0.3, 0.4) is 0 Å². The maximum absolute atomic E-state index is 11.8. The summed E-state index contributed by atoms with van der Waals surface area (Å²) in [5.41, 5.74) is 1.86. The number of rotatable bonds is 5. The molecule has 0 aromatic heterocycles. The Morgan fingerprint density at radius 3 is 1.76 bits per heavy atom. The van der Waals surface area contributed by atoms with Crippen molar-refractivity contribution >= 4 is 11.9 Å². The molecule has 2 rings (SSSR count). The van der Waals surface area contributed by atoms with Gasteiger partial charge in [-0.3, -0.25) is 4.79 Å². The van der Waals surface area contributed by atoms with Gasteiger partial charge in [-0.25, -0.2) is 4.79 Å². The molecule has 4 heteroatoms. The van der Waals surface area contributed by atoms with Gasteiger partial charge < -0.3 is 10.4 Å². The Morgan fingerprint density at radius 2 is 1.33 bits per heavy atom. The minimum absolute atomic E-state index is 0.321. The first-order chi connectivity index (χ1) is 10.2. The fourth-order valence-corrected chi connectivity index (χ4v) is 1.99. The molecule has 0 bridgehead atoms. The number of benzene rings is 2. The second kappa shape index (κ2) is 7.05. The summed E-state index contributed by atoms with van der Waals surface area (Å²) in [6.45, 7) is 0. The van der Waals surface area contributed by atoms with Gasteiger partial charge in [-0.15, -0.1) is 0 Å². The third kappa shape index (κ3) is 4.31. The molecule has 0 aliphatic heterocycles. The molecule has 0 aliphatic carbocycles. The zero-order valence-electron chi connectivity index (χ0n) is 11.3. The standard InChI is InChI=1S/C17H15NO3/c19-15(11-12-16(20)21)18-17(13-7-3-1-4-8-13)14-9-5-2-6-10-14/h1-12,17H,(H,18,19)(H,20,21). The third-order valence-corrected chi connectivity index (χ3v) is 2.93. The van der Waals surface area contributed by atoms with Crippen LogP contribution >= 0.6 is 0 Å². The topological polar surface area (TPSA) is 66.4 Å². The van der Waals surface area contributed by atoms with Gasteiger partial charge in [0.2, 0.25) is 5.91 Å². The Bertz CT molecular complexity index is 596. The molecular formula is C17H15NO3. The van der Waals surface area contributed by atoms with Crippen molar-refractivity contribution in [2.45, 2.75) is 6.04 Å². The van der Waals surface area contributed by atoms with E-state index in [1.165, 1.54) is 0 Å². The van der Waals surface area contributed by atoms with Gasteiger partial charge in [0, 0.05) is 12.2 Å². The second-order valence-electron chi connectivity index (χ2n) is 4.43. The van der Waals surface area contributed by atoms with Crippen molar-refractivity contribution in [2.75, 3.05) is 0 Å². The monoisotopic (exact) mass is 281 g/mol. The molecular weight excluding hydrogens is 266 g/mol. The Labute approximate surface area is 122 Å². The van der Waals surface area contributed by atoms with Gasteiger partial charge in [0.15, 0.2) is 0 Å². The summed E-state index contributed by atoms with van der Waals surface area (Å²) < 4.78 is 0. The largest absolute Gasteiger partial charge is 0.478 e. The first kappa shape index (κ1) is 14.5. The third-order valence-electron chi connectivity index (χ3n) is 2.93. The molecule has 106 valence electrons. The zero-order valence-corrected chi connectivity index (χ0v) is 11.3. The number of carbonyl (C=O) groups excluding carboxylic acids is 1.